The summed E-state index contributed by atoms with van der Waals surface area (Å²) >= 11 is 1.53. The Balaban J connectivity index is 1.73. The van der Waals surface area contributed by atoms with Gasteiger partial charge in [-0.05, 0) is 48.6 Å². The summed E-state index contributed by atoms with van der Waals surface area (Å²) in [6.07, 6.45) is 1.11. The predicted octanol–water partition coefficient (Wildman–Crippen LogP) is 5.58. The van der Waals surface area contributed by atoms with Crippen molar-refractivity contribution >= 4 is 38.2 Å². The lowest BCUT2D eigenvalue weighted by Gasteiger charge is -2.40. The summed E-state index contributed by atoms with van der Waals surface area (Å²) in [5, 5.41) is 1.67. The van der Waals surface area contributed by atoms with E-state index in [9.17, 15) is 4.79 Å². The lowest BCUT2D eigenvalue weighted by atomic mass is 9.77. The van der Waals surface area contributed by atoms with E-state index in [1.54, 1.807) is 0 Å². The van der Waals surface area contributed by atoms with Gasteiger partial charge >= 0.3 is 5.63 Å². The van der Waals surface area contributed by atoms with E-state index in [4.69, 9.17) is 4.42 Å². The molecule has 0 saturated heterocycles. The van der Waals surface area contributed by atoms with E-state index < -0.39 is 0 Å². The fraction of sp³-hybridized carbons (Fsp3) is 0.304. The minimum atomic E-state index is -0.329. The molecule has 0 fully saturated rings. The molecule has 0 unspecified atom stereocenters. The van der Waals surface area contributed by atoms with Gasteiger partial charge in [-0.2, -0.15) is 0 Å². The molecule has 4 nitrogen and oxygen atoms in total. The molecule has 3 heterocycles. The van der Waals surface area contributed by atoms with Crippen LogP contribution in [0, 0.1) is 0 Å². The van der Waals surface area contributed by atoms with Crippen molar-refractivity contribution in [1.82, 2.24) is 4.98 Å². The Kier molecular flexibility index (Phi) is 3.85. The molecule has 28 heavy (non-hydrogen) atoms. The number of anilines is 1. The Morgan fingerprint density at radius 2 is 2.04 bits per heavy atom. The lowest BCUT2D eigenvalue weighted by molar-refractivity contribution is 0.456. The fourth-order valence-corrected chi connectivity index (χ4v) is 5.06. The lowest BCUT2D eigenvalue weighted by Crippen LogP contribution is -2.37. The topological polar surface area (TPSA) is 46.3 Å². The zero-order valence-corrected chi connectivity index (χ0v) is 17.1. The average Bonchev–Trinajstić information content (AvgIpc) is 3.10. The Morgan fingerprint density at radius 3 is 2.82 bits per heavy atom. The maximum atomic E-state index is 12.7. The van der Waals surface area contributed by atoms with Crippen LogP contribution in [-0.2, 0) is 5.41 Å². The number of rotatable bonds is 2. The van der Waals surface area contributed by atoms with Crippen molar-refractivity contribution in [2.75, 3.05) is 18.0 Å². The van der Waals surface area contributed by atoms with Crippen LogP contribution in [0.25, 0.3) is 31.8 Å². The van der Waals surface area contributed by atoms with Gasteiger partial charge in [0.25, 0.3) is 0 Å². The monoisotopic (exact) mass is 390 g/mol. The van der Waals surface area contributed by atoms with Gasteiger partial charge in [0.2, 0.25) is 0 Å². The van der Waals surface area contributed by atoms with Crippen LogP contribution in [0.5, 0.6) is 0 Å². The molecule has 0 N–H and O–H groups in total. The van der Waals surface area contributed by atoms with Crippen molar-refractivity contribution < 1.29 is 4.42 Å². The van der Waals surface area contributed by atoms with E-state index >= 15 is 0 Å². The summed E-state index contributed by atoms with van der Waals surface area (Å²) in [5.41, 5.74) is 4.36. The van der Waals surface area contributed by atoms with E-state index in [0.717, 1.165) is 35.1 Å². The van der Waals surface area contributed by atoms with Crippen molar-refractivity contribution in [2.24, 2.45) is 0 Å². The van der Waals surface area contributed by atoms with E-state index in [1.807, 2.05) is 36.4 Å². The number of nitrogens with zero attached hydrogens (tertiary/aromatic N) is 2. The van der Waals surface area contributed by atoms with Crippen LogP contribution in [0.1, 0.15) is 32.8 Å². The average molecular weight is 391 g/mol. The minimum absolute atomic E-state index is 0.0986. The molecular weight excluding hydrogens is 368 g/mol. The molecule has 0 aliphatic carbocycles. The van der Waals surface area contributed by atoms with E-state index in [-0.39, 0.29) is 11.0 Å². The van der Waals surface area contributed by atoms with Gasteiger partial charge in [0.05, 0.1) is 15.8 Å². The molecule has 0 spiro atoms. The Morgan fingerprint density at radius 1 is 1.21 bits per heavy atom. The Bertz CT molecular complexity index is 1240. The zero-order valence-electron chi connectivity index (χ0n) is 16.3. The SMILES string of the molecule is CCN1CCC(C)(C)c2cc3cc(-c4nc5ccccc5s4)c(=O)oc3cc21. The van der Waals surface area contributed by atoms with Gasteiger partial charge in [0, 0.05) is 30.2 Å². The number of hydrogen-bond acceptors (Lipinski definition) is 5. The van der Waals surface area contributed by atoms with Crippen LogP contribution in [0.2, 0.25) is 0 Å². The van der Waals surface area contributed by atoms with Crippen molar-refractivity contribution in [3.63, 3.8) is 0 Å². The fourth-order valence-electron chi connectivity index (χ4n) is 4.09. The Hall–Kier alpha value is -2.66. The van der Waals surface area contributed by atoms with Gasteiger partial charge in [0.1, 0.15) is 10.6 Å². The first kappa shape index (κ1) is 17.4. The second-order valence-electron chi connectivity index (χ2n) is 8.06. The van der Waals surface area contributed by atoms with Gasteiger partial charge in [-0.1, -0.05) is 26.0 Å². The first-order valence-corrected chi connectivity index (χ1v) is 10.5. The number of hydrogen-bond donors (Lipinski definition) is 0. The van der Waals surface area contributed by atoms with Crippen LogP contribution in [0.15, 0.2) is 51.7 Å². The molecule has 5 heteroatoms. The number of para-hydroxylation sites is 1. The molecule has 1 aliphatic rings. The molecule has 0 amide bonds. The van der Waals surface area contributed by atoms with E-state index in [2.05, 4.69) is 36.7 Å². The molecule has 0 atom stereocenters. The smallest absolute Gasteiger partial charge is 0.346 e. The number of fused-ring (bicyclic) bond motifs is 3. The maximum absolute atomic E-state index is 12.7. The molecule has 4 aromatic rings. The van der Waals surface area contributed by atoms with Gasteiger partial charge < -0.3 is 9.32 Å². The van der Waals surface area contributed by atoms with Crippen LogP contribution >= 0.6 is 11.3 Å². The van der Waals surface area contributed by atoms with Gasteiger partial charge in [-0.25, -0.2) is 9.78 Å². The predicted molar refractivity (Wildman–Crippen MR) is 117 cm³/mol. The van der Waals surface area contributed by atoms with E-state index in [1.165, 1.54) is 22.6 Å². The van der Waals surface area contributed by atoms with Crippen LogP contribution in [0.4, 0.5) is 5.69 Å². The second-order valence-corrected chi connectivity index (χ2v) is 9.09. The third kappa shape index (κ3) is 2.65. The van der Waals surface area contributed by atoms with Crippen molar-refractivity contribution in [3.05, 3.63) is 58.4 Å². The highest BCUT2D eigenvalue weighted by Gasteiger charge is 2.31. The summed E-state index contributed by atoms with van der Waals surface area (Å²) in [7, 11) is 0. The van der Waals surface area contributed by atoms with Gasteiger partial charge in [0.15, 0.2) is 0 Å². The largest absolute Gasteiger partial charge is 0.422 e. The summed E-state index contributed by atoms with van der Waals surface area (Å²) in [6.45, 7) is 8.72. The summed E-state index contributed by atoms with van der Waals surface area (Å²) in [5.74, 6) is 0. The van der Waals surface area contributed by atoms with Crippen molar-refractivity contribution in [3.8, 4) is 10.6 Å². The van der Waals surface area contributed by atoms with Gasteiger partial charge in [-0.15, -0.1) is 11.3 Å². The van der Waals surface area contributed by atoms with Crippen molar-refractivity contribution in [2.45, 2.75) is 32.6 Å². The Labute approximate surface area is 167 Å². The zero-order chi connectivity index (χ0) is 19.5. The highest BCUT2D eigenvalue weighted by molar-refractivity contribution is 7.21. The number of aromatic nitrogens is 1. The standard InChI is InChI=1S/C23H22N2O2S/c1-4-25-10-9-23(2,3)16-12-14-11-15(22(26)27-19(14)13-18(16)25)21-24-17-7-5-6-8-20(17)28-21/h5-8,11-13H,4,9-10H2,1-3H3. The van der Waals surface area contributed by atoms with Crippen LogP contribution < -0.4 is 10.5 Å². The molecule has 142 valence electrons. The first-order chi connectivity index (χ1) is 13.5. The highest BCUT2D eigenvalue weighted by Crippen LogP contribution is 2.42. The highest BCUT2D eigenvalue weighted by atomic mass is 32.1. The quantitative estimate of drug-likeness (QED) is 0.419. The second kappa shape index (κ2) is 6.17. The minimum Gasteiger partial charge on any atom is -0.422 e. The summed E-state index contributed by atoms with van der Waals surface area (Å²) < 4.78 is 6.83. The summed E-state index contributed by atoms with van der Waals surface area (Å²) in [6, 6.07) is 14.1. The van der Waals surface area contributed by atoms with Crippen molar-refractivity contribution in [1.29, 1.82) is 0 Å². The maximum Gasteiger partial charge on any atom is 0.346 e. The molecule has 2 aromatic carbocycles. The number of benzene rings is 2. The summed E-state index contributed by atoms with van der Waals surface area (Å²) in [4.78, 5) is 19.7. The van der Waals surface area contributed by atoms with Gasteiger partial charge in [-0.3, -0.25) is 0 Å². The molecule has 0 radical (unpaired) electrons. The molecule has 5 rings (SSSR count). The molecule has 0 saturated carbocycles. The van der Waals surface area contributed by atoms with Crippen LogP contribution in [0.3, 0.4) is 0 Å². The number of thiazole rings is 1. The molecule has 0 bridgehead atoms. The van der Waals surface area contributed by atoms with E-state index in [0.29, 0.717) is 16.2 Å². The van der Waals surface area contributed by atoms with Crippen LogP contribution in [-0.4, -0.2) is 18.1 Å². The molecule has 1 aliphatic heterocycles. The molecular formula is C23H22N2O2S. The third-order valence-electron chi connectivity index (χ3n) is 5.83. The third-order valence-corrected chi connectivity index (χ3v) is 6.90. The first-order valence-electron chi connectivity index (χ1n) is 9.69. The molecule has 2 aromatic heterocycles. The normalized spacial score (nSPS) is 15.9.